The van der Waals surface area contributed by atoms with Gasteiger partial charge in [-0.2, -0.15) is 4.57 Å². The van der Waals surface area contributed by atoms with Crippen LogP contribution < -0.4 is 20.5 Å². The molecule has 0 N–H and O–H groups in total. The maximum absolute atomic E-state index is 7.11. The van der Waals surface area contributed by atoms with Gasteiger partial charge < -0.3 is 0 Å². The van der Waals surface area contributed by atoms with Gasteiger partial charge in [0.2, 0.25) is 5.69 Å². The molecule has 3 heteroatoms. The van der Waals surface area contributed by atoms with Crippen molar-refractivity contribution >= 4 is 50.1 Å². The number of allylic oxidation sites excluding steroid dienone is 1. The minimum Gasteiger partial charge on any atom is -0.188 e. The smallest absolute Gasteiger partial charge is 0.188 e. The third-order valence-corrected chi connectivity index (χ3v) is 15.5. The van der Waals surface area contributed by atoms with Gasteiger partial charge in [0.25, 0.3) is 0 Å². The second-order valence-electron chi connectivity index (χ2n) is 13.1. The summed E-state index contributed by atoms with van der Waals surface area (Å²) in [6, 6.07) is 29.8. The van der Waals surface area contributed by atoms with E-state index in [1.165, 1.54) is 90.6 Å². The van der Waals surface area contributed by atoms with Crippen LogP contribution in [-0.4, -0.2) is 0 Å². The molecule has 1 aromatic heterocycles. The molecule has 2 heterocycles. The van der Waals surface area contributed by atoms with Crippen molar-refractivity contribution in [3.8, 4) is 11.3 Å². The summed E-state index contributed by atoms with van der Waals surface area (Å²) in [5.41, 5.74) is 10.0. The molecule has 45 heavy (non-hydrogen) atoms. The molecule has 0 bridgehead atoms. The largest absolute Gasteiger partial charge is 0.214 e. The van der Waals surface area contributed by atoms with Gasteiger partial charge >= 0.3 is 0 Å². The molecule has 0 spiro atoms. The Labute approximate surface area is 276 Å². The molecule has 1 unspecified atom stereocenters. The van der Waals surface area contributed by atoms with Gasteiger partial charge in [-0.05, 0) is 101 Å². The lowest BCUT2D eigenvalue weighted by molar-refractivity contribution is -0.740. The van der Waals surface area contributed by atoms with Crippen molar-refractivity contribution in [2.45, 2.75) is 85.6 Å². The summed E-state index contributed by atoms with van der Waals surface area (Å²) in [7, 11) is 0. The Bertz CT molecular complexity index is 1980. The lowest BCUT2D eigenvalue weighted by Gasteiger charge is -2.36. The van der Waals surface area contributed by atoms with Crippen LogP contribution in [-0.2, 0) is 23.8 Å². The lowest BCUT2D eigenvalue weighted by atomic mass is 9.75. The standard InChI is InChI=1S/C42H47NPS/c1-8-11-12-15-33-21-20-31(6)41(25-33)44(45,40-24-29(4)18-19-30(40)5)36-22-23-37-32(7)42(9-2,10-3)43-28-35-17-14-13-16-34(35)26-39(43)38(37)27-36/h13-14,16-28H,7-12,15H2,1-6H3/q+1. The molecular formula is C42H47NPS+. The van der Waals surface area contributed by atoms with Gasteiger partial charge in [-0.3, -0.25) is 0 Å². The van der Waals surface area contributed by atoms with E-state index in [9.17, 15) is 0 Å². The molecule has 0 radical (unpaired) electrons. The van der Waals surface area contributed by atoms with E-state index in [0.29, 0.717) is 0 Å². The van der Waals surface area contributed by atoms with Gasteiger partial charge in [0.1, 0.15) is 0 Å². The highest BCUT2D eigenvalue weighted by Crippen LogP contribution is 2.49. The molecule has 0 aliphatic carbocycles. The molecule has 0 saturated heterocycles. The van der Waals surface area contributed by atoms with Crippen LogP contribution >= 0.6 is 6.04 Å². The molecular weight excluding hydrogens is 582 g/mol. The van der Waals surface area contributed by atoms with E-state index in [4.69, 9.17) is 18.4 Å². The Kier molecular flexibility index (Phi) is 8.77. The Morgan fingerprint density at radius 2 is 1.42 bits per heavy atom. The van der Waals surface area contributed by atoms with Crippen molar-refractivity contribution in [1.82, 2.24) is 0 Å². The van der Waals surface area contributed by atoms with E-state index in [1.54, 1.807) is 0 Å². The monoisotopic (exact) mass is 628 g/mol. The van der Waals surface area contributed by atoms with Crippen LogP contribution in [0.3, 0.4) is 0 Å². The first-order valence-electron chi connectivity index (χ1n) is 16.8. The molecule has 1 aliphatic rings. The Morgan fingerprint density at radius 3 is 2.13 bits per heavy atom. The van der Waals surface area contributed by atoms with Gasteiger partial charge in [0.05, 0.1) is 5.56 Å². The fourth-order valence-electron chi connectivity index (χ4n) is 7.56. The molecule has 0 saturated carbocycles. The predicted octanol–water partition coefficient (Wildman–Crippen LogP) is 9.75. The molecule has 1 aliphatic heterocycles. The highest BCUT2D eigenvalue weighted by Gasteiger charge is 2.47. The third-order valence-electron chi connectivity index (χ3n) is 10.4. The summed E-state index contributed by atoms with van der Waals surface area (Å²) in [6.07, 6.45) is 9.14. The predicted molar refractivity (Wildman–Crippen MR) is 201 cm³/mol. The molecule has 1 nitrogen and oxygen atoms in total. The summed E-state index contributed by atoms with van der Waals surface area (Å²) in [4.78, 5) is 0. The Morgan fingerprint density at radius 1 is 0.733 bits per heavy atom. The van der Waals surface area contributed by atoms with E-state index in [-0.39, 0.29) is 5.54 Å². The van der Waals surface area contributed by atoms with Crippen LogP contribution in [0, 0.1) is 20.8 Å². The van der Waals surface area contributed by atoms with Crippen LogP contribution in [0.5, 0.6) is 0 Å². The minimum atomic E-state index is -2.42. The first-order valence-corrected chi connectivity index (χ1v) is 19.6. The molecule has 1 atom stereocenters. The van der Waals surface area contributed by atoms with Crippen molar-refractivity contribution in [2.75, 3.05) is 0 Å². The average Bonchev–Trinajstić information content (AvgIpc) is 3.06. The number of nitrogens with zero attached hydrogens (tertiary/aromatic N) is 1. The van der Waals surface area contributed by atoms with Crippen LogP contribution in [0.2, 0.25) is 0 Å². The van der Waals surface area contributed by atoms with Crippen molar-refractivity contribution in [3.63, 3.8) is 0 Å². The van der Waals surface area contributed by atoms with Crippen molar-refractivity contribution in [1.29, 1.82) is 0 Å². The van der Waals surface area contributed by atoms with Gasteiger partial charge in [-0.15, -0.1) is 0 Å². The topological polar surface area (TPSA) is 3.88 Å². The third kappa shape index (κ3) is 5.25. The van der Waals surface area contributed by atoms with Gasteiger partial charge in [-0.25, -0.2) is 0 Å². The van der Waals surface area contributed by atoms with E-state index in [0.717, 1.165) is 19.3 Å². The highest BCUT2D eigenvalue weighted by atomic mass is 32.4. The molecule has 6 rings (SSSR count). The Hall–Kier alpha value is -3.32. The van der Waals surface area contributed by atoms with Crippen LogP contribution in [0.15, 0.2) is 97.7 Å². The number of rotatable bonds is 9. The first-order chi connectivity index (χ1) is 21.7. The summed E-state index contributed by atoms with van der Waals surface area (Å²) < 4.78 is 2.53. The second-order valence-corrected chi connectivity index (χ2v) is 17.4. The SMILES string of the molecule is C=C1c2ccc(P(=S)(c3cc(C)ccc3C)c3cc(CCCCC)ccc3C)cc2-c2cc3ccccc3c[n+]2C1(CC)CC. The van der Waals surface area contributed by atoms with E-state index < -0.39 is 6.04 Å². The summed E-state index contributed by atoms with van der Waals surface area (Å²) in [5, 5.41) is 6.42. The first kappa shape index (κ1) is 31.7. The number of hydrogen-bond donors (Lipinski definition) is 0. The molecule has 5 aromatic rings. The van der Waals surface area contributed by atoms with Crippen molar-refractivity contribution in [3.05, 3.63) is 126 Å². The highest BCUT2D eigenvalue weighted by molar-refractivity contribution is 8.25. The van der Waals surface area contributed by atoms with Crippen molar-refractivity contribution in [2.24, 2.45) is 0 Å². The fourth-order valence-corrected chi connectivity index (χ4v) is 12.4. The van der Waals surface area contributed by atoms with E-state index >= 15 is 0 Å². The quantitative estimate of drug-likeness (QED) is 0.0893. The normalized spacial score (nSPS) is 15.0. The van der Waals surface area contributed by atoms with Crippen LogP contribution in [0.4, 0.5) is 0 Å². The van der Waals surface area contributed by atoms with Gasteiger partial charge in [0.15, 0.2) is 11.7 Å². The Balaban J connectivity index is 1.65. The van der Waals surface area contributed by atoms with Crippen LogP contribution in [0.1, 0.15) is 80.7 Å². The van der Waals surface area contributed by atoms with E-state index in [1.807, 2.05) is 0 Å². The van der Waals surface area contributed by atoms with Gasteiger partial charge in [-0.1, -0.05) is 112 Å². The second kappa shape index (κ2) is 12.5. The summed E-state index contributed by atoms with van der Waals surface area (Å²) in [5.74, 6) is 0. The number of benzene rings is 4. The molecule has 0 amide bonds. The van der Waals surface area contributed by atoms with E-state index in [2.05, 4.69) is 137 Å². The molecule has 0 fully saturated rings. The number of aromatic nitrogens is 1. The zero-order valence-electron chi connectivity index (χ0n) is 27.9. The number of hydrogen-bond acceptors (Lipinski definition) is 1. The summed E-state index contributed by atoms with van der Waals surface area (Å²) in [6.45, 7) is 18.4. The fraction of sp³-hybridized carbons (Fsp3) is 0.310. The minimum absolute atomic E-state index is 0.162. The number of unbranched alkanes of at least 4 members (excludes halogenated alkanes) is 2. The average molecular weight is 629 g/mol. The van der Waals surface area contributed by atoms with Gasteiger partial charge in [0, 0.05) is 35.9 Å². The van der Waals surface area contributed by atoms with Crippen molar-refractivity contribution < 1.29 is 4.57 Å². The zero-order chi connectivity index (χ0) is 31.9. The zero-order valence-corrected chi connectivity index (χ0v) is 29.6. The molecule has 230 valence electrons. The number of aryl methyl sites for hydroxylation is 4. The number of fused-ring (bicyclic) bond motifs is 4. The maximum Gasteiger partial charge on any atom is 0.214 e. The molecule has 4 aromatic carbocycles. The van der Waals surface area contributed by atoms with Crippen LogP contribution in [0.25, 0.3) is 27.6 Å². The summed E-state index contributed by atoms with van der Waals surface area (Å²) >= 11 is 7.11. The number of pyridine rings is 1. The lowest BCUT2D eigenvalue weighted by Crippen LogP contribution is -2.59. The maximum atomic E-state index is 7.11.